The molecule has 0 saturated heterocycles. The van der Waals surface area contributed by atoms with Gasteiger partial charge in [-0.05, 0) is 30.9 Å². The van der Waals surface area contributed by atoms with E-state index in [9.17, 15) is 0 Å². The average molecular weight is 332 g/mol. The molecule has 1 aromatic carbocycles. The van der Waals surface area contributed by atoms with Gasteiger partial charge < -0.3 is 13.9 Å². The first kappa shape index (κ1) is 14.9. The molecule has 23 heavy (non-hydrogen) atoms. The molecule has 1 fully saturated rings. The maximum absolute atomic E-state index is 5.90. The molecule has 2 aliphatic rings. The van der Waals surface area contributed by atoms with Crippen molar-refractivity contribution in [2.45, 2.75) is 43.4 Å². The molecule has 0 spiro atoms. The highest BCUT2D eigenvalue weighted by molar-refractivity contribution is 7.99. The molecule has 1 aromatic heterocycles. The van der Waals surface area contributed by atoms with Crippen molar-refractivity contribution < 1.29 is 13.9 Å². The van der Waals surface area contributed by atoms with Crippen LogP contribution in [0.3, 0.4) is 0 Å². The van der Waals surface area contributed by atoms with Gasteiger partial charge in [0.15, 0.2) is 11.5 Å². The monoisotopic (exact) mass is 332 g/mol. The summed E-state index contributed by atoms with van der Waals surface area (Å²) >= 11 is 1.66. The molecule has 1 saturated carbocycles. The van der Waals surface area contributed by atoms with Crippen LogP contribution in [0.4, 0.5) is 0 Å². The number of ether oxygens (including phenoxy) is 2. The molecule has 0 N–H and O–H groups in total. The number of aromatic nitrogens is 2. The SMILES string of the molecule is c1ccc2c(c1)OC[C@H](c1nnc(SCC3CCCCC3)o1)O2. The van der Waals surface area contributed by atoms with Crippen molar-refractivity contribution >= 4 is 11.8 Å². The third-order valence-electron chi connectivity index (χ3n) is 4.37. The molecule has 0 unspecified atom stereocenters. The lowest BCUT2D eigenvalue weighted by atomic mass is 9.91. The number of para-hydroxylation sites is 2. The zero-order chi connectivity index (χ0) is 15.5. The Bertz CT molecular complexity index is 655. The summed E-state index contributed by atoms with van der Waals surface area (Å²) < 4.78 is 17.4. The van der Waals surface area contributed by atoms with E-state index in [1.165, 1.54) is 32.1 Å². The lowest BCUT2D eigenvalue weighted by Crippen LogP contribution is -2.21. The normalized spacial score (nSPS) is 21.3. The lowest BCUT2D eigenvalue weighted by molar-refractivity contribution is 0.0686. The number of hydrogen-bond donors (Lipinski definition) is 0. The molecule has 2 aromatic rings. The van der Waals surface area contributed by atoms with E-state index < -0.39 is 0 Å². The Morgan fingerprint density at radius 2 is 1.87 bits per heavy atom. The summed E-state index contributed by atoms with van der Waals surface area (Å²) in [5.74, 6) is 3.82. The summed E-state index contributed by atoms with van der Waals surface area (Å²) in [6.45, 7) is 0.395. The number of hydrogen-bond acceptors (Lipinski definition) is 6. The zero-order valence-corrected chi connectivity index (χ0v) is 13.8. The Hall–Kier alpha value is -1.69. The number of benzene rings is 1. The molecule has 0 bridgehead atoms. The van der Waals surface area contributed by atoms with E-state index in [0.29, 0.717) is 17.7 Å². The first-order chi connectivity index (χ1) is 11.4. The molecule has 1 aliphatic carbocycles. The Balaban J connectivity index is 1.36. The topological polar surface area (TPSA) is 57.4 Å². The van der Waals surface area contributed by atoms with Gasteiger partial charge in [-0.3, -0.25) is 0 Å². The van der Waals surface area contributed by atoms with E-state index in [4.69, 9.17) is 13.9 Å². The van der Waals surface area contributed by atoms with Crippen LogP contribution >= 0.6 is 11.8 Å². The molecule has 1 aliphatic heterocycles. The summed E-state index contributed by atoms with van der Waals surface area (Å²) in [4.78, 5) is 0. The second kappa shape index (κ2) is 6.83. The standard InChI is InChI=1S/C17H20N2O3S/c1-2-6-12(7-3-1)11-23-17-19-18-16(22-17)15-10-20-13-8-4-5-9-14(13)21-15/h4-5,8-9,12,15H,1-3,6-7,10-11H2/t15-/m1/s1. The number of rotatable bonds is 4. The van der Waals surface area contributed by atoms with Crippen molar-refractivity contribution in [2.24, 2.45) is 5.92 Å². The molecule has 0 radical (unpaired) electrons. The average Bonchev–Trinajstić information content (AvgIpc) is 3.09. The van der Waals surface area contributed by atoms with Crippen LogP contribution in [-0.4, -0.2) is 22.6 Å². The van der Waals surface area contributed by atoms with E-state index in [2.05, 4.69) is 10.2 Å². The van der Waals surface area contributed by atoms with E-state index >= 15 is 0 Å². The van der Waals surface area contributed by atoms with Gasteiger partial charge in [-0.2, -0.15) is 0 Å². The van der Waals surface area contributed by atoms with Crippen molar-refractivity contribution in [2.75, 3.05) is 12.4 Å². The van der Waals surface area contributed by atoms with Gasteiger partial charge >= 0.3 is 0 Å². The van der Waals surface area contributed by atoms with Gasteiger partial charge in [-0.25, -0.2) is 0 Å². The number of thioether (sulfide) groups is 1. The van der Waals surface area contributed by atoms with Gasteiger partial charge in [0, 0.05) is 5.75 Å². The van der Waals surface area contributed by atoms with Crippen LogP contribution in [0.5, 0.6) is 11.5 Å². The zero-order valence-electron chi connectivity index (χ0n) is 12.9. The van der Waals surface area contributed by atoms with Crippen LogP contribution < -0.4 is 9.47 Å². The second-order valence-corrected chi connectivity index (χ2v) is 7.06. The van der Waals surface area contributed by atoms with E-state index in [-0.39, 0.29) is 6.10 Å². The summed E-state index contributed by atoms with van der Waals surface area (Å²) in [7, 11) is 0. The van der Waals surface area contributed by atoms with Crippen LogP contribution in [0.1, 0.15) is 44.1 Å². The third-order valence-corrected chi connectivity index (χ3v) is 5.42. The Morgan fingerprint density at radius 1 is 1.04 bits per heavy atom. The fraction of sp³-hybridized carbons (Fsp3) is 0.529. The van der Waals surface area contributed by atoms with Crippen LogP contribution in [0.2, 0.25) is 0 Å². The van der Waals surface area contributed by atoms with Gasteiger partial charge in [0.25, 0.3) is 11.1 Å². The smallest absolute Gasteiger partial charge is 0.276 e. The summed E-state index contributed by atoms with van der Waals surface area (Å²) in [5.41, 5.74) is 0. The second-order valence-electron chi connectivity index (χ2n) is 6.09. The van der Waals surface area contributed by atoms with Gasteiger partial charge in [-0.1, -0.05) is 43.2 Å². The van der Waals surface area contributed by atoms with Gasteiger partial charge in [0.05, 0.1) is 0 Å². The van der Waals surface area contributed by atoms with E-state index in [0.717, 1.165) is 23.2 Å². The quantitative estimate of drug-likeness (QED) is 0.780. The van der Waals surface area contributed by atoms with Gasteiger partial charge in [-0.15, -0.1) is 10.2 Å². The predicted octanol–water partition coefficient (Wildman–Crippen LogP) is 4.25. The molecule has 4 rings (SSSR count). The first-order valence-electron chi connectivity index (χ1n) is 8.23. The van der Waals surface area contributed by atoms with Crippen LogP contribution in [-0.2, 0) is 0 Å². The van der Waals surface area contributed by atoms with Crippen molar-refractivity contribution in [1.29, 1.82) is 0 Å². The molecule has 122 valence electrons. The number of fused-ring (bicyclic) bond motifs is 1. The van der Waals surface area contributed by atoms with Crippen LogP contribution in [0.25, 0.3) is 0 Å². The lowest BCUT2D eigenvalue weighted by Gasteiger charge is -2.23. The maximum atomic E-state index is 5.90. The highest BCUT2D eigenvalue weighted by Gasteiger charge is 2.27. The Labute approximate surface area is 139 Å². The predicted molar refractivity (Wildman–Crippen MR) is 86.9 cm³/mol. The van der Waals surface area contributed by atoms with Crippen molar-refractivity contribution in [3.63, 3.8) is 0 Å². The van der Waals surface area contributed by atoms with E-state index in [1.807, 2.05) is 24.3 Å². The minimum Gasteiger partial charge on any atom is -0.485 e. The minimum absolute atomic E-state index is 0.332. The summed E-state index contributed by atoms with van der Waals surface area (Å²) in [5, 5.41) is 8.91. The summed E-state index contributed by atoms with van der Waals surface area (Å²) in [6.07, 6.45) is 6.41. The van der Waals surface area contributed by atoms with Crippen molar-refractivity contribution in [3.05, 3.63) is 30.2 Å². The highest BCUT2D eigenvalue weighted by atomic mass is 32.2. The molecule has 0 amide bonds. The molecular formula is C17H20N2O3S. The van der Waals surface area contributed by atoms with Gasteiger partial charge in [0.2, 0.25) is 6.10 Å². The van der Waals surface area contributed by atoms with Crippen LogP contribution in [0.15, 0.2) is 33.9 Å². The Morgan fingerprint density at radius 3 is 2.74 bits per heavy atom. The minimum atomic E-state index is -0.332. The first-order valence-corrected chi connectivity index (χ1v) is 9.22. The molecule has 1 atom stereocenters. The van der Waals surface area contributed by atoms with Crippen molar-refractivity contribution in [1.82, 2.24) is 10.2 Å². The Kier molecular flexibility index (Phi) is 4.41. The number of nitrogens with zero attached hydrogens (tertiary/aromatic N) is 2. The van der Waals surface area contributed by atoms with E-state index in [1.54, 1.807) is 11.8 Å². The molecule has 6 heteroatoms. The van der Waals surface area contributed by atoms with Crippen molar-refractivity contribution in [3.8, 4) is 11.5 Å². The molecular weight excluding hydrogens is 312 g/mol. The maximum Gasteiger partial charge on any atom is 0.276 e. The fourth-order valence-electron chi connectivity index (χ4n) is 3.09. The van der Waals surface area contributed by atoms with Crippen LogP contribution in [0, 0.1) is 5.92 Å². The highest BCUT2D eigenvalue weighted by Crippen LogP contribution is 2.36. The summed E-state index contributed by atoms with van der Waals surface area (Å²) in [6, 6.07) is 7.63. The third kappa shape index (κ3) is 3.47. The largest absolute Gasteiger partial charge is 0.485 e. The fourth-order valence-corrected chi connectivity index (χ4v) is 4.05. The molecule has 2 heterocycles. The van der Waals surface area contributed by atoms with Gasteiger partial charge in [0.1, 0.15) is 6.61 Å². The molecule has 5 nitrogen and oxygen atoms in total.